The highest BCUT2D eigenvalue weighted by molar-refractivity contribution is 6.04. The van der Waals surface area contributed by atoms with Gasteiger partial charge in [-0.2, -0.15) is 13.2 Å². The number of halogens is 3. The molecular formula is C27H29F3N4O5. The summed E-state index contributed by atoms with van der Waals surface area (Å²) in [6, 6.07) is 16.8. The van der Waals surface area contributed by atoms with E-state index in [4.69, 9.17) is 14.6 Å². The van der Waals surface area contributed by atoms with E-state index < -0.39 is 23.6 Å². The normalized spacial score (nSPS) is 14.0. The molecule has 208 valence electrons. The maximum atomic E-state index is 12.8. The van der Waals surface area contributed by atoms with Crippen molar-refractivity contribution in [3.8, 4) is 16.9 Å². The van der Waals surface area contributed by atoms with Gasteiger partial charge in [-0.05, 0) is 73.6 Å². The number of hydrogen-bond acceptors (Lipinski definition) is 6. The Morgan fingerprint density at radius 1 is 1.00 bits per heavy atom. The Hall–Kier alpha value is -4.32. The van der Waals surface area contributed by atoms with Crippen LogP contribution in [0.1, 0.15) is 16.8 Å². The van der Waals surface area contributed by atoms with Crippen molar-refractivity contribution >= 4 is 23.3 Å². The fraction of sp³-hybridized carbons (Fsp3) is 0.296. The van der Waals surface area contributed by atoms with Gasteiger partial charge in [0.1, 0.15) is 11.3 Å². The largest absolute Gasteiger partial charge is 0.497 e. The standard InChI is InChI=1S/C25H28N4O3.C2HF3O2/c1-28-11-4-12-29(14-13-28)21-9-7-20(8-10-21)27-25(31)23-16-19(17-26-24(23)30)18-5-3-6-22(15-18)32-2;3-2(4,5)1(6)7/h3,5-10,15-17H,4,11-14H2,1-2H3,(H,26,30)(H,27,31);(H,6,7). The van der Waals surface area contributed by atoms with Crippen molar-refractivity contribution in [3.05, 3.63) is 76.7 Å². The van der Waals surface area contributed by atoms with Gasteiger partial charge in [-0.1, -0.05) is 12.1 Å². The molecule has 12 heteroatoms. The van der Waals surface area contributed by atoms with Gasteiger partial charge in [0, 0.05) is 37.2 Å². The number of anilines is 2. The number of benzene rings is 2. The molecule has 1 fully saturated rings. The summed E-state index contributed by atoms with van der Waals surface area (Å²) in [5, 5.41) is 9.96. The number of carboxylic acids is 1. The monoisotopic (exact) mass is 546 g/mol. The van der Waals surface area contributed by atoms with E-state index in [1.165, 1.54) is 0 Å². The van der Waals surface area contributed by atoms with E-state index >= 15 is 0 Å². The molecule has 0 radical (unpaired) electrons. The molecule has 2 heterocycles. The minimum atomic E-state index is -5.08. The first-order valence-electron chi connectivity index (χ1n) is 12.0. The number of amides is 1. The van der Waals surface area contributed by atoms with Gasteiger partial charge in [0.25, 0.3) is 11.5 Å². The molecule has 3 N–H and O–H groups in total. The van der Waals surface area contributed by atoms with Crippen LogP contribution in [-0.2, 0) is 4.79 Å². The summed E-state index contributed by atoms with van der Waals surface area (Å²) in [7, 11) is 3.74. The van der Waals surface area contributed by atoms with Crippen molar-refractivity contribution in [2.24, 2.45) is 0 Å². The third kappa shape index (κ3) is 8.34. The second kappa shape index (κ2) is 13.0. The molecular weight excluding hydrogens is 517 g/mol. The van der Waals surface area contributed by atoms with Crippen LogP contribution in [0.2, 0.25) is 0 Å². The zero-order valence-corrected chi connectivity index (χ0v) is 21.4. The topological polar surface area (TPSA) is 115 Å². The predicted molar refractivity (Wildman–Crippen MR) is 141 cm³/mol. The zero-order valence-electron chi connectivity index (χ0n) is 21.4. The lowest BCUT2D eigenvalue weighted by atomic mass is 10.1. The molecule has 1 aliphatic heterocycles. The number of pyridine rings is 1. The van der Waals surface area contributed by atoms with Crippen LogP contribution < -0.4 is 20.5 Å². The molecule has 9 nitrogen and oxygen atoms in total. The van der Waals surface area contributed by atoms with Crippen LogP contribution in [0.4, 0.5) is 24.5 Å². The molecule has 4 rings (SSSR count). The van der Waals surface area contributed by atoms with Gasteiger partial charge >= 0.3 is 12.1 Å². The minimum Gasteiger partial charge on any atom is -0.497 e. The van der Waals surface area contributed by atoms with Gasteiger partial charge in [-0.3, -0.25) is 9.59 Å². The molecule has 0 atom stereocenters. The Morgan fingerprint density at radius 3 is 2.33 bits per heavy atom. The van der Waals surface area contributed by atoms with Crippen LogP contribution in [0.5, 0.6) is 5.75 Å². The first-order valence-corrected chi connectivity index (χ1v) is 12.0. The van der Waals surface area contributed by atoms with Gasteiger partial charge in [0.2, 0.25) is 0 Å². The molecule has 0 bridgehead atoms. The first-order chi connectivity index (χ1) is 18.5. The lowest BCUT2D eigenvalue weighted by molar-refractivity contribution is -0.192. The fourth-order valence-corrected chi connectivity index (χ4v) is 3.88. The molecule has 0 aliphatic carbocycles. The van der Waals surface area contributed by atoms with Crippen molar-refractivity contribution < 1.29 is 32.6 Å². The number of aromatic nitrogens is 1. The number of carbonyl (C=O) groups is 2. The number of rotatable bonds is 5. The van der Waals surface area contributed by atoms with Gasteiger partial charge in [0.05, 0.1) is 7.11 Å². The quantitative estimate of drug-likeness (QED) is 0.442. The Bertz CT molecular complexity index is 1340. The van der Waals surface area contributed by atoms with E-state index in [0.717, 1.165) is 49.4 Å². The van der Waals surface area contributed by atoms with Crippen molar-refractivity contribution in [2.45, 2.75) is 12.6 Å². The number of ether oxygens (including phenoxy) is 1. The third-order valence-electron chi connectivity index (χ3n) is 6.00. The molecule has 0 saturated carbocycles. The maximum absolute atomic E-state index is 12.8. The van der Waals surface area contributed by atoms with Gasteiger partial charge in [0.15, 0.2) is 0 Å². The number of H-pyrrole nitrogens is 1. The summed E-state index contributed by atoms with van der Waals surface area (Å²) < 4.78 is 37.0. The summed E-state index contributed by atoms with van der Waals surface area (Å²) >= 11 is 0. The van der Waals surface area contributed by atoms with E-state index in [2.05, 4.69) is 27.1 Å². The lowest BCUT2D eigenvalue weighted by Gasteiger charge is -2.23. The summed E-state index contributed by atoms with van der Waals surface area (Å²) in [5.41, 5.74) is 3.00. The maximum Gasteiger partial charge on any atom is 0.490 e. The number of nitrogens with zero attached hydrogens (tertiary/aromatic N) is 2. The van der Waals surface area contributed by atoms with E-state index in [-0.39, 0.29) is 5.56 Å². The Labute approximate surface area is 222 Å². The molecule has 3 aromatic rings. The van der Waals surface area contributed by atoms with Crippen LogP contribution in [0.3, 0.4) is 0 Å². The highest BCUT2D eigenvalue weighted by Crippen LogP contribution is 2.24. The van der Waals surface area contributed by atoms with Gasteiger partial charge < -0.3 is 29.9 Å². The number of aliphatic carboxylic acids is 1. The summed E-state index contributed by atoms with van der Waals surface area (Å²) in [6.45, 7) is 4.13. The summed E-state index contributed by atoms with van der Waals surface area (Å²) in [5.74, 6) is -2.50. The number of methoxy groups -OCH3 is 1. The van der Waals surface area contributed by atoms with Crippen LogP contribution in [0, 0.1) is 0 Å². The summed E-state index contributed by atoms with van der Waals surface area (Å²) in [4.78, 5) is 41.4. The minimum absolute atomic E-state index is 0.0601. The molecule has 1 aromatic heterocycles. The SMILES string of the molecule is COc1cccc(-c2c[nH]c(=O)c(C(=O)Nc3ccc(N4CCCN(C)CC4)cc3)c2)c1.O=C(O)C(F)(F)F. The average Bonchev–Trinajstić information content (AvgIpc) is 3.13. The van der Waals surface area contributed by atoms with E-state index in [1.807, 2.05) is 48.5 Å². The highest BCUT2D eigenvalue weighted by atomic mass is 19.4. The number of carbonyl (C=O) groups excluding carboxylic acids is 1. The third-order valence-corrected chi connectivity index (χ3v) is 6.00. The van der Waals surface area contributed by atoms with Crippen molar-refractivity contribution in [2.75, 3.05) is 50.6 Å². The number of hydrogen-bond donors (Lipinski definition) is 3. The average molecular weight is 547 g/mol. The Morgan fingerprint density at radius 2 is 1.69 bits per heavy atom. The van der Waals surface area contributed by atoms with E-state index in [0.29, 0.717) is 11.4 Å². The number of carboxylic acid groups (broad SMARTS) is 1. The van der Waals surface area contributed by atoms with Crippen LogP contribution in [0.25, 0.3) is 11.1 Å². The van der Waals surface area contributed by atoms with Gasteiger partial charge in [-0.15, -0.1) is 0 Å². The molecule has 1 aliphatic rings. The van der Waals surface area contributed by atoms with Gasteiger partial charge in [-0.25, -0.2) is 4.79 Å². The van der Waals surface area contributed by atoms with E-state index in [9.17, 15) is 22.8 Å². The first kappa shape index (κ1) is 29.2. The lowest BCUT2D eigenvalue weighted by Crippen LogP contribution is -2.28. The van der Waals surface area contributed by atoms with E-state index in [1.54, 1.807) is 19.4 Å². The van der Waals surface area contributed by atoms with Crippen molar-refractivity contribution in [1.29, 1.82) is 0 Å². The highest BCUT2D eigenvalue weighted by Gasteiger charge is 2.38. The van der Waals surface area contributed by atoms with Crippen molar-refractivity contribution in [1.82, 2.24) is 9.88 Å². The molecule has 1 amide bonds. The second-order valence-electron chi connectivity index (χ2n) is 8.81. The van der Waals surface area contributed by atoms with Crippen LogP contribution >= 0.6 is 0 Å². The number of likely N-dealkylation sites (N-methyl/N-ethyl adjacent to an activating group) is 1. The Balaban J connectivity index is 0.000000532. The van der Waals surface area contributed by atoms with Crippen LogP contribution in [0.15, 0.2) is 65.6 Å². The molecule has 0 spiro atoms. The molecule has 1 saturated heterocycles. The second-order valence-corrected chi connectivity index (χ2v) is 8.81. The summed E-state index contributed by atoms with van der Waals surface area (Å²) in [6.07, 6.45) is -2.36. The molecule has 39 heavy (non-hydrogen) atoms. The van der Waals surface area contributed by atoms with Crippen molar-refractivity contribution in [3.63, 3.8) is 0 Å². The Kier molecular flexibility index (Phi) is 9.72. The number of aromatic amines is 1. The zero-order chi connectivity index (χ0) is 28.6. The molecule has 0 unspecified atom stereocenters. The fourth-order valence-electron chi connectivity index (χ4n) is 3.88. The smallest absolute Gasteiger partial charge is 0.490 e. The molecule has 2 aromatic carbocycles. The number of alkyl halides is 3. The number of nitrogens with one attached hydrogen (secondary N) is 2. The van der Waals surface area contributed by atoms with Crippen LogP contribution in [-0.4, -0.2) is 73.4 Å². The predicted octanol–water partition coefficient (Wildman–Crippen LogP) is 4.08.